The van der Waals surface area contributed by atoms with E-state index in [1.807, 2.05) is 30.3 Å². The van der Waals surface area contributed by atoms with Crippen LogP contribution in [0.1, 0.15) is 0 Å². The predicted molar refractivity (Wildman–Crippen MR) is 45.1 cm³/mol. The molecular formula is C10H9O. The molecule has 1 aromatic rings. The maximum atomic E-state index is 5.23. The summed E-state index contributed by atoms with van der Waals surface area (Å²) in [5.41, 5.74) is 0. The zero-order valence-electron chi connectivity index (χ0n) is 6.21. The topological polar surface area (TPSA) is 9.23 Å². The molecule has 11 heavy (non-hydrogen) atoms. The molecule has 0 bridgehead atoms. The summed E-state index contributed by atoms with van der Waals surface area (Å²) in [7, 11) is 0. The van der Waals surface area contributed by atoms with Gasteiger partial charge in [0, 0.05) is 6.92 Å². The van der Waals surface area contributed by atoms with E-state index in [4.69, 9.17) is 4.74 Å². The number of ether oxygens (including phenoxy) is 1. The third kappa shape index (κ3) is 2.77. The zero-order valence-corrected chi connectivity index (χ0v) is 6.21. The number of hydrogen-bond acceptors (Lipinski definition) is 1. The molecule has 0 aromatic heterocycles. The molecule has 1 rings (SSSR count). The van der Waals surface area contributed by atoms with Crippen molar-refractivity contribution in [1.29, 1.82) is 0 Å². The molecule has 0 saturated carbocycles. The van der Waals surface area contributed by atoms with Gasteiger partial charge in [0.25, 0.3) is 0 Å². The molecule has 0 heterocycles. The minimum atomic E-state index is 0.410. The van der Waals surface area contributed by atoms with Crippen LogP contribution in [-0.2, 0) is 0 Å². The van der Waals surface area contributed by atoms with Crippen LogP contribution in [0.5, 0.6) is 5.75 Å². The van der Waals surface area contributed by atoms with Crippen molar-refractivity contribution < 1.29 is 4.74 Å². The van der Waals surface area contributed by atoms with Gasteiger partial charge in [-0.2, -0.15) is 0 Å². The van der Waals surface area contributed by atoms with E-state index in [1.54, 1.807) is 0 Å². The molecule has 0 aliphatic rings. The summed E-state index contributed by atoms with van der Waals surface area (Å²) < 4.78 is 5.23. The summed E-state index contributed by atoms with van der Waals surface area (Å²) in [6.45, 7) is 3.79. The summed E-state index contributed by atoms with van der Waals surface area (Å²) in [4.78, 5) is 0. The van der Waals surface area contributed by atoms with Crippen LogP contribution < -0.4 is 4.74 Å². The van der Waals surface area contributed by atoms with Gasteiger partial charge in [-0.15, -0.1) is 0 Å². The van der Waals surface area contributed by atoms with E-state index in [-0.39, 0.29) is 0 Å². The van der Waals surface area contributed by atoms with E-state index in [0.29, 0.717) is 6.61 Å². The Morgan fingerprint density at radius 3 is 2.64 bits per heavy atom. The Hall–Kier alpha value is -1.42. The molecule has 0 fully saturated rings. The van der Waals surface area contributed by atoms with E-state index in [2.05, 4.69) is 18.8 Å². The first-order valence-electron chi connectivity index (χ1n) is 3.36. The average molecular weight is 145 g/mol. The van der Waals surface area contributed by atoms with Crippen molar-refractivity contribution in [2.45, 2.75) is 0 Å². The van der Waals surface area contributed by atoms with Gasteiger partial charge in [-0.05, 0) is 12.1 Å². The van der Waals surface area contributed by atoms with Gasteiger partial charge < -0.3 is 4.74 Å². The predicted octanol–water partition coefficient (Wildman–Crippen LogP) is 1.90. The molecule has 0 saturated heterocycles. The van der Waals surface area contributed by atoms with Crippen LogP contribution in [0, 0.1) is 18.8 Å². The third-order valence-electron chi connectivity index (χ3n) is 1.18. The number of rotatable bonds is 2. The summed E-state index contributed by atoms with van der Waals surface area (Å²) in [5.74, 6) is 6.07. The first-order chi connectivity index (χ1) is 5.43. The molecule has 55 valence electrons. The second-order valence-electron chi connectivity index (χ2n) is 1.96. The Morgan fingerprint density at radius 2 is 2.00 bits per heavy atom. The highest BCUT2D eigenvalue weighted by Gasteiger charge is 1.85. The first-order valence-corrected chi connectivity index (χ1v) is 3.36. The number of benzene rings is 1. The lowest BCUT2D eigenvalue weighted by Gasteiger charge is -1.98. The van der Waals surface area contributed by atoms with Crippen LogP contribution >= 0.6 is 0 Å². The molecule has 0 aliphatic heterocycles. The summed E-state index contributed by atoms with van der Waals surface area (Å²) in [6.07, 6.45) is 0. The van der Waals surface area contributed by atoms with Crippen molar-refractivity contribution in [1.82, 2.24) is 0 Å². The van der Waals surface area contributed by atoms with Gasteiger partial charge in [0.1, 0.15) is 12.4 Å². The SMILES string of the molecule is [CH2]C#CCOc1ccccc1. The number of hydrogen-bond donors (Lipinski definition) is 0. The molecule has 1 radical (unpaired) electrons. The van der Waals surface area contributed by atoms with Crippen molar-refractivity contribution in [2.75, 3.05) is 6.61 Å². The lowest BCUT2D eigenvalue weighted by molar-refractivity contribution is 0.370. The van der Waals surface area contributed by atoms with Gasteiger partial charge in [0.15, 0.2) is 0 Å². The molecule has 0 aliphatic carbocycles. The van der Waals surface area contributed by atoms with Gasteiger partial charge in [-0.25, -0.2) is 0 Å². The van der Waals surface area contributed by atoms with Crippen molar-refractivity contribution in [3.05, 3.63) is 37.3 Å². The van der Waals surface area contributed by atoms with Gasteiger partial charge >= 0.3 is 0 Å². The Balaban J connectivity index is 2.43. The molecule has 0 atom stereocenters. The van der Waals surface area contributed by atoms with Crippen molar-refractivity contribution >= 4 is 0 Å². The largest absolute Gasteiger partial charge is 0.481 e. The Morgan fingerprint density at radius 1 is 1.27 bits per heavy atom. The standard InChI is InChI=1S/C10H9O/c1-2-3-9-11-10-7-5-4-6-8-10/h4-8H,1,9H2. The maximum absolute atomic E-state index is 5.23. The van der Waals surface area contributed by atoms with Gasteiger partial charge in [-0.1, -0.05) is 30.0 Å². The minimum absolute atomic E-state index is 0.410. The van der Waals surface area contributed by atoms with Crippen LogP contribution in [-0.4, -0.2) is 6.61 Å². The van der Waals surface area contributed by atoms with Crippen LogP contribution in [0.2, 0.25) is 0 Å². The molecule has 1 aromatic carbocycles. The highest BCUT2D eigenvalue weighted by atomic mass is 16.5. The van der Waals surface area contributed by atoms with Crippen LogP contribution in [0.15, 0.2) is 30.3 Å². The van der Waals surface area contributed by atoms with Gasteiger partial charge in [0.2, 0.25) is 0 Å². The first kappa shape index (κ1) is 7.68. The maximum Gasteiger partial charge on any atom is 0.149 e. The fourth-order valence-corrected chi connectivity index (χ4v) is 0.687. The van der Waals surface area contributed by atoms with E-state index in [1.165, 1.54) is 0 Å². The smallest absolute Gasteiger partial charge is 0.149 e. The quantitative estimate of drug-likeness (QED) is 0.577. The molecule has 0 amide bonds. The number of para-hydroxylation sites is 1. The Labute approximate surface area is 67.0 Å². The van der Waals surface area contributed by atoms with Gasteiger partial charge in [-0.3, -0.25) is 0 Å². The van der Waals surface area contributed by atoms with Crippen molar-refractivity contribution in [3.63, 3.8) is 0 Å². The summed E-state index contributed by atoms with van der Waals surface area (Å²) in [6, 6.07) is 9.58. The fraction of sp³-hybridized carbons (Fsp3) is 0.100. The fourth-order valence-electron chi connectivity index (χ4n) is 0.687. The molecular weight excluding hydrogens is 136 g/mol. The van der Waals surface area contributed by atoms with E-state index in [9.17, 15) is 0 Å². The zero-order chi connectivity index (χ0) is 7.94. The molecule has 0 N–H and O–H groups in total. The van der Waals surface area contributed by atoms with Crippen molar-refractivity contribution in [2.24, 2.45) is 0 Å². The van der Waals surface area contributed by atoms with E-state index in [0.717, 1.165) is 5.75 Å². The van der Waals surface area contributed by atoms with E-state index >= 15 is 0 Å². The lowest BCUT2D eigenvalue weighted by Crippen LogP contribution is -1.92. The van der Waals surface area contributed by atoms with Crippen molar-refractivity contribution in [3.8, 4) is 17.6 Å². The van der Waals surface area contributed by atoms with E-state index < -0.39 is 0 Å². The second kappa shape index (κ2) is 4.40. The van der Waals surface area contributed by atoms with Crippen LogP contribution in [0.3, 0.4) is 0 Å². The highest BCUT2D eigenvalue weighted by molar-refractivity contribution is 5.21. The Kier molecular flexibility index (Phi) is 3.08. The monoisotopic (exact) mass is 145 g/mol. The molecule has 1 nitrogen and oxygen atoms in total. The minimum Gasteiger partial charge on any atom is -0.481 e. The van der Waals surface area contributed by atoms with Gasteiger partial charge in [0.05, 0.1) is 0 Å². The summed E-state index contributed by atoms with van der Waals surface area (Å²) in [5, 5.41) is 0. The normalized spacial score (nSPS) is 8.09. The Bertz CT molecular complexity index is 253. The second-order valence-corrected chi connectivity index (χ2v) is 1.96. The molecule has 0 unspecified atom stereocenters. The third-order valence-corrected chi connectivity index (χ3v) is 1.18. The van der Waals surface area contributed by atoms with Crippen LogP contribution in [0.25, 0.3) is 0 Å². The average Bonchev–Trinajstić information content (AvgIpc) is 2.07. The summed E-state index contributed by atoms with van der Waals surface area (Å²) >= 11 is 0. The molecule has 1 heteroatoms. The lowest BCUT2D eigenvalue weighted by atomic mass is 10.3. The molecule has 0 spiro atoms. The highest BCUT2D eigenvalue weighted by Crippen LogP contribution is 2.06. The van der Waals surface area contributed by atoms with Crippen LogP contribution in [0.4, 0.5) is 0 Å².